The second-order valence-corrected chi connectivity index (χ2v) is 7.97. The van der Waals surface area contributed by atoms with E-state index in [1.54, 1.807) is 26.1 Å². The largest absolute Gasteiger partial charge is 0.378 e. The molecule has 1 saturated carbocycles. The number of thiazole rings is 1. The molecule has 0 atom stereocenters. The fraction of sp³-hybridized carbons (Fsp3) is 0.706. The van der Waals surface area contributed by atoms with E-state index in [-0.39, 0.29) is 17.4 Å². The van der Waals surface area contributed by atoms with Crippen molar-refractivity contribution in [2.24, 2.45) is 0 Å². The Hall–Kier alpha value is -1.47. The molecule has 2 amide bonds. The Labute approximate surface area is 146 Å². The molecule has 1 aliphatic carbocycles. The molecule has 1 aromatic rings. The molecular weight excluding hydrogens is 326 g/mol. The molecule has 3 rings (SSSR count). The molecule has 1 aliphatic heterocycles. The third-order valence-electron chi connectivity index (χ3n) is 5.12. The van der Waals surface area contributed by atoms with Gasteiger partial charge in [0.15, 0.2) is 5.01 Å². The van der Waals surface area contributed by atoms with E-state index >= 15 is 0 Å². The van der Waals surface area contributed by atoms with Crippen LogP contribution in [0.3, 0.4) is 0 Å². The minimum Gasteiger partial charge on any atom is -0.378 e. The SMILES string of the molecule is COC1(CC(=O)N2CCc3nc(C(=O)N(C)C)sc3CC2)CCC1. The van der Waals surface area contributed by atoms with Gasteiger partial charge in [0.2, 0.25) is 5.91 Å². The summed E-state index contributed by atoms with van der Waals surface area (Å²) in [7, 11) is 5.18. The number of carbonyl (C=O) groups is 2. The lowest BCUT2D eigenvalue weighted by Crippen LogP contribution is -2.45. The van der Waals surface area contributed by atoms with Gasteiger partial charge in [0.1, 0.15) is 0 Å². The first-order valence-corrected chi connectivity index (χ1v) is 9.29. The summed E-state index contributed by atoms with van der Waals surface area (Å²) in [4.78, 5) is 33.8. The molecule has 1 fully saturated rings. The Morgan fingerprint density at radius 3 is 2.58 bits per heavy atom. The van der Waals surface area contributed by atoms with Gasteiger partial charge in [0.25, 0.3) is 5.91 Å². The quantitative estimate of drug-likeness (QED) is 0.829. The second kappa shape index (κ2) is 6.80. The van der Waals surface area contributed by atoms with Crippen molar-refractivity contribution in [2.45, 2.75) is 44.1 Å². The van der Waals surface area contributed by atoms with Crippen molar-refractivity contribution in [3.63, 3.8) is 0 Å². The topological polar surface area (TPSA) is 62.7 Å². The van der Waals surface area contributed by atoms with Gasteiger partial charge in [-0.05, 0) is 19.3 Å². The fourth-order valence-electron chi connectivity index (χ4n) is 3.31. The Kier molecular flexibility index (Phi) is 4.92. The smallest absolute Gasteiger partial charge is 0.282 e. The summed E-state index contributed by atoms with van der Waals surface area (Å²) >= 11 is 1.47. The van der Waals surface area contributed by atoms with Crippen molar-refractivity contribution >= 4 is 23.2 Å². The van der Waals surface area contributed by atoms with Gasteiger partial charge in [-0.1, -0.05) is 0 Å². The predicted octanol–water partition coefficient (Wildman–Crippen LogP) is 1.73. The maximum Gasteiger partial charge on any atom is 0.282 e. The van der Waals surface area contributed by atoms with Gasteiger partial charge in [-0.2, -0.15) is 0 Å². The van der Waals surface area contributed by atoms with E-state index in [0.29, 0.717) is 24.5 Å². The molecule has 132 valence electrons. The van der Waals surface area contributed by atoms with Gasteiger partial charge < -0.3 is 14.5 Å². The lowest BCUT2D eigenvalue weighted by molar-refractivity contribution is -0.144. The van der Waals surface area contributed by atoms with Crippen LogP contribution in [0.1, 0.15) is 46.1 Å². The molecule has 1 aromatic heterocycles. The second-order valence-electron chi connectivity index (χ2n) is 6.89. The molecular formula is C17H25N3O3S. The Morgan fingerprint density at radius 2 is 2.00 bits per heavy atom. The third kappa shape index (κ3) is 3.32. The van der Waals surface area contributed by atoms with Crippen molar-refractivity contribution < 1.29 is 14.3 Å². The molecule has 0 bridgehead atoms. The summed E-state index contributed by atoms with van der Waals surface area (Å²) in [5.74, 6) is 0.129. The number of nitrogens with zero attached hydrogens (tertiary/aromatic N) is 3. The summed E-state index contributed by atoms with van der Waals surface area (Å²) in [5.41, 5.74) is 0.753. The lowest BCUT2D eigenvalue weighted by Gasteiger charge is -2.41. The molecule has 0 aromatic carbocycles. The van der Waals surface area contributed by atoms with Crippen LogP contribution in [0, 0.1) is 0 Å². The van der Waals surface area contributed by atoms with Gasteiger partial charge in [-0.3, -0.25) is 9.59 Å². The van der Waals surface area contributed by atoms with Gasteiger partial charge >= 0.3 is 0 Å². The summed E-state index contributed by atoms with van der Waals surface area (Å²) in [6, 6.07) is 0. The fourth-order valence-corrected chi connectivity index (χ4v) is 4.42. The van der Waals surface area contributed by atoms with Crippen LogP contribution < -0.4 is 0 Å². The molecule has 0 unspecified atom stereocenters. The third-order valence-corrected chi connectivity index (χ3v) is 6.26. The van der Waals surface area contributed by atoms with Gasteiger partial charge in [-0.25, -0.2) is 4.98 Å². The first kappa shape index (κ1) is 17.4. The minimum absolute atomic E-state index is 0.0481. The van der Waals surface area contributed by atoms with Crippen molar-refractivity contribution in [3.8, 4) is 0 Å². The standard InChI is InChI=1S/C17H25N3O3S/c1-19(2)16(22)15-18-12-5-9-20(10-6-13(12)24-15)14(21)11-17(23-3)7-4-8-17/h4-11H2,1-3H3. The number of hydrogen-bond acceptors (Lipinski definition) is 5. The molecule has 2 aliphatic rings. The van der Waals surface area contributed by atoms with E-state index in [0.717, 1.165) is 42.7 Å². The van der Waals surface area contributed by atoms with Crippen molar-refractivity contribution in [1.82, 2.24) is 14.8 Å². The van der Waals surface area contributed by atoms with Crippen LogP contribution in [0.5, 0.6) is 0 Å². The summed E-state index contributed by atoms with van der Waals surface area (Å²) in [6.07, 6.45) is 5.08. The van der Waals surface area contributed by atoms with Crippen LogP contribution in [-0.4, -0.2) is 66.5 Å². The zero-order chi connectivity index (χ0) is 17.3. The minimum atomic E-state index is -0.224. The number of fused-ring (bicyclic) bond motifs is 1. The van der Waals surface area contributed by atoms with Crippen LogP contribution >= 0.6 is 11.3 Å². The molecule has 0 N–H and O–H groups in total. The molecule has 0 saturated heterocycles. The van der Waals surface area contributed by atoms with E-state index in [9.17, 15) is 9.59 Å². The summed E-state index contributed by atoms with van der Waals surface area (Å²) < 4.78 is 5.58. The van der Waals surface area contributed by atoms with Gasteiger partial charge in [0.05, 0.1) is 17.7 Å². The van der Waals surface area contributed by atoms with Crippen LogP contribution in [0.25, 0.3) is 0 Å². The van der Waals surface area contributed by atoms with E-state index in [1.807, 2.05) is 4.90 Å². The Morgan fingerprint density at radius 1 is 1.29 bits per heavy atom. The van der Waals surface area contributed by atoms with Crippen LogP contribution in [0.15, 0.2) is 0 Å². The first-order valence-electron chi connectivity index (χ1n) is 8.47. The van der Waals surface area contributed by atoms with Crippen LogP contribution in [-0.2, 0) is 22.4 Å². The Balaban J connectivity index is 1.63. The normalized spacial score (nSPS) is 19.2. The van der Waals surface area contributed by atoms with E-state index in [1.165, 1.54) is 11.3 Å². The molecule has 24 heavy (non-hydrogen) atoms. The average Bonchev–Trinajstić information content (AvgIpc) is 2.83. The molecule has 2 heterocycles. The van der Waals surface area contributed by atoms with E-state index in [4.69, 9.17) is 4.74 Å². The maximum absolute atomic E-state index is 12.6. The molecule has 6 nitrogen and oxygen atoms in total. The van der Waals surface area contributed by atoms with Crippen molar-refractivity contribution in [2.75, 3.05) is 34.3 Å². The molecule has 7 heteroatoms. The van der Waals surface area contributed by atoms with Crippen LogP contribution in [0.2, 0.25) is 0 Å². The lowest BCUT2D eigenvalue weighted by atomic mass is 9.77. The van der Waals surface area contributed by atoms with E-state index in [2.05, 4.69) is 4.98 Å². The number of carbonyl (C=O) groups excluding carboxylic acids is 2. The summed E-state index contributed by atoms with van der Waals surface area (Å²) in [5, 5.41) is 0.553. The number of methoxy groups -OCH3 is 1. The highest BCUT2D eigenvalue weighted by Crippen LogP contribution is 2.38. The Bertz CT molecular complexity index is 606. The number of amides is 2. The maximum atomic E-state index is 12.6. The number of hydrogen-bond donors (Lipinski definition) is 0. The highest BCUT2D eigenvalue weighted by atomic mass is 32.1. The zero-order valence-corrected chi connectivity index (χ0v) is 15.4. The monoisotopic (exact) mass is 351 g/mol. The number of aromatic nitrogens is 1. The zero-order valence-electron chi connectivity index (χ0n) is 14.6. The molecule has 0 spiro atoms. The van der Waals surface area contributed by atoms with Crippen molar-refractivity contribution in [1.29, 1.82) is 0 Å². The van der Waals surface area contributed by atoms with E-state index < -0.39 is 0 Å². The van der Waals surface area contributed by atoms with Crippen molar-refractivity contribution in [3.05, 3.63) is 15.6 Å². The van der Waals surface area contributed by atoms with Gasteiger partial charge in [-0.15, -0.1) is 11.3 Å². The number of ether oxygens (including phenoxy) is 1. The van der Waals surface area contributed by atoms with Gasteiger partial charge in [0, 0.05) is 52.0 Å². The predicted molar refractivity (Wildman–Crippen MR) is 92.3 cm³/mol. The van der Waals surface area contributed by atoms with Crippen LogP contribution in [0.4, 0.5) is 0 Å². The highest BCUT2D eigenvalue weighted by molar-refractivity contribution is 7.13. The average molecular weight is 351 g/mol. The highest BCUT2D eigenvalue weighted by Gasteiger charge is 2.40. The number of rotatable bonds is 4. The first-order chi connectivity index (χ1) is 11.4. The summed E-state index contributed by atoms with van der Waals surface area (Å²) in [6.45, 7) is 1.37. The molecule has 0 radical (unpaired) electrons.